The molecule has 0 aliphatic rings. The maximum atomic E-state index is 9.82. The first-order valence-corrected chi connectivity index (χ1v) is 3.22. The van der Waals surface area contributed by atoms with E-state index in [0.29, 0.717) is 6.61 Å². The van der Waals surface area contributed by atoms with Gasteiger partial charge in [0.1, 0.15) is 0 Å². The summed E-state index contributed by atoms with van der Waals surface area (Å²) in [4.78, 5) is 19.4. The highest BCUT2D eigenvalue weighted by Crippen LogP contribution is 1.69. The molecule has 0 fully saturated rings. The summed E-state index contributed by atoms with van der Waals surface area (Å²) >= 11 is 0. The largest absolute Gasteiger partial charge is 0.469 e. The molecule has 0 unspecified atom stereocenters. The second-order valence-electron chi connectivity index (χ2n) is 1.62. The van der Waals surface area contributed by atoms with Crippen molar-refractivity contribution in [2.24, 2.45) is 0 Å². The molecule has 0 rings (SSSR count). The van der Waals surface area contributed by atoms with Crippen LogP contribution in [0, 0.1) is 0 Å². The van der Waals surface area contributed by atoms with E-state index in [0.717, 1.165) is 0 Å². The zero-order chi connectivity index (χ0) is 9.28. The Morgan fingerprint density at radius 1 is 1.17 bits per heavy atom. The van der Waals surface area contributed by atoms with E-state index < -0.39 is 0 Å². The quantitative estimate of drug-likeness (QED) is 0.528. The van der Waals surface area contributed by atoms with Crippen LogP contribution in [-0.2, 0) is 19.1 Å². The second kappa shape index (κ2) is 12.6. The van der Waals surface area contributed by atoms with Crippen molar-refractivity contribution in [2.75, 3.05) is 13.7 Å². The Hall–Kier alpha value is -1.10. The number of hydrogen-bond acceptors (Lipinski definition) is 4. The Bertz CT molecular complexity index is 121. The van der Waals surface area contributed by atoms with Gasteiger partial charge in [-0.3, -0.25) is 9.59 Å². The van der Waals surface area contributed by atoms with E-state index in [4.69, 9.17) is 0 Å². The van der Waals surface area contributed by atoms with Gasteiger partial charge in [-0.2, -0.15) is 0 Å². The molecule has 0 aliphatic carbocycles. The third-order valence-corrected chi connectivity index (χ3v) is 0.635. The predicted octanol–water partition coefficient (Wildman–Crippen LogP) is -0.0760. The Kier molecular flexibility index (Phi) is 17.9. The first kappa shape index (κ1) is 17.1. The molecule has 0 aliphatic heterocycles. The zero-order valence-corrected chi connectivity index (χ0v) is 7.84. The number of ether oxygens (including phenoxy) is 2. The molecule has 5 nitrogen and oxygen atoms in total. The fourth-order valence-electron chi connectivity index (χ4n) is 0.203. The number of rotatable bonds is 1. The standard InChI is InChI=1S/C4H8O2.C3H6O2.H2O/c1-3-6-4(2)5;1-3(4)5-2;/h3H2,1-2H3;1-2H3;1H2. The summed E-state index contributed by atoms with van der Waals surface area (Å²) in [7, 11) is 1.35. The first-order valence-electron chi connectivity index (χ1n) is 3.22. The van der Waals surface area contributed by atoms with Gasteiger partial charge in [-0.05, 0) is 6.92 Å². The lowest BCUT2D eigenvalue weighted by Gasteiger charge is -1.89. The van der Waals surface area contributed by atoms with Crippen molar-refractivity contribution >= 4 is 11.9 Å². The van der Waals surface area contributed by atoms with Crippen LogP contribution in [0.3, 0.4) is 0 Å². The maximum absolute atomic E-state index is 9.82. The Morgan fingerprint density at radius 3 is 1.50 bits per heavy atom. The Labute approximate surface area is 72.0 Å². The summed E-state index contributed by atoms with van der Waals surface area (Å²) in [6.07, 6.45) is 0. The van der Waals surface area contributed by atoms with E-state index in [1.54, 1.807) is 6.92 Å². The summed E-state index contributed by atoms with van der Waals surface area (Å²) in [6, 6.07) is 0. The van der Waals surface area contributed by atoms with Gasteiger partial charge in [-0.25, -0.2) is 0 Å². The number of carbonyl (C=O) groups is 2. The summed E-state index contributed by atoms with van der Waals surface area (Å²) < 4.78 is 8.51. The fraction of sp³-hybridized carbons (Fsp3) is 0.714. The zero-order valence-electron chi connectivity index (χ0n) is 7.84. The van der Waals surface area contributed by atoms with Crippen molar-refractivity contribution in [1.29, 1.82) is 0 Å². The van der Waals surface area contributed by atoms with Gasteiger partial charge in [-0.1, -0.05) is 0 Å². The highest BCUT2D eigenvalue weighted by atomic mass is 16.5. The molecule has 0 heterocycles. The molecule has 74 valence electrons. The highest BCUT2D eigenvalue weighted by molar-refractivity contribution is 5.65. The predicted molar refractivity (Wildman–Crippen MR) is 43.6 cm³/mol. The maximum Gasteiger partial charge on any atom is 0.302 e. The molecule has 5 heteroatoms. The van der Waals surface area contributed by atoms with Crippen LogP contribution in [0.25, 0.3) is 0 Å². The van der Waals surface area contributed by atoms with Gasteiger partial charge in [0.15, 0.2) is 0 Å². The molecule has 0 atom stereocenters. The van der Waals surface area contributed by atoms with Crippen LogP contribution in [0.2, 0.25) is 0 Å². The minimum atomic E-state index is -0.245. The molecule has 0 amide bonds. The van der Waals surface area contributed by atoms with Gasteiger partial charge in [-0.15, -0.1) is 0 Å². The molecule has 0 saturated carbocycles. The summed E-state index contributed by atoms with van der Waals surface area (Å²) in [6.45, 7) is 5.01. The molecular weight excluding hydrogens is 164 g/mol. The number of carbonyl (C=O) groups excluding carboxylic acids is 2. The van der Waals surface area contributed by atoms with Crippen LogP contribution in [0.15, 0.2) is 0 Å². The van der Waals surface area contributed by atoms with Crippen LogP contribution in [0.5, 0.6) is 0 Å². The molecule has 0 spiro atoms. The average molecular weight is 180 g/mol. The van der Waals surface area contributed by atoms with E-state index in [1.165, 1.54) is 21.0 Å². The normalized spacial score (nSPS) is 6.67. The lowest BCUT2D eigenvalue weighted by Crippen LogP contribution is -1.95. The van der Waals surface area contributed by atoms with Crippen molar-refractivity contribution in [2.45, 2.75) is 20.8 Å². The van der Waals surface area contributed by atoms with Gasteiger partial charge < -0.3 is 14.9 Å². The van der Waals surface area contributed by atoms with Crippen molar-refractivity contribution in [1.82, 2.24) is 0 Å². The van der Waals surface area contributed by atoms with Gasteiger partial charge in [0.25, 0.3) is 0 Å². The molecule has 12 heavy (non-hydrogen) atoms. The number of esters is 2. The molecule has 0 radical (unpaired) electrons. The van der Waals surface area contributed by atoms with Crippen molar-refractivity contribution < 1.29 is 24.5 Å². The SMILES string of the molecule is CCOC(C)=O.COC(C)=O.O. The van der Waals surface area contributed by atoms with Gasteiger partial charge >= 0.3 is 11.9 Å². The minimum Gasteiger partial charge on any atom is -0.469 e. The molecule has 2 N–H and O–H groups in total. The van der Waals surface area contributed by atoms with Crippen LogP contribution < -0.4 is 0 Å². The topological polar surface area (TPSA) is 84.1 Å². The third-order valence-electron chi connectivity index (χ3n) is 0.635. The van der Waals surface area contributed by atoms with Gasteiger partial charge in [0, 0.05) is 13.8 Å². The van der Waals surface area contributed by atoms with Crippen LogP contribution in [0.1, 0.15) is 20.8 Å². The third kappa shape index (κ3) is 36.5. The van der Waals surface area contributed by atoms with E-state index >= 15 is 0 Å². The fourth-order valence-corrected chi connectivity index (χ4v) is 0.203. The summed E-state index contributed by atoms with van der Waals surface area (Å²) in [5, 5.41) is 0. The van der Waals surface area contributed by atoms with Crippen molar-refractivity contribution in [3.8, 4) is 0 Å². The minimum absolute atomic E-state index is 0. The molecular formula is C7H16O5. The monoisotopic (exact) mass is 180 g/mol. The Balaban J connectivity index is -0.000000126. The van der Waals surface area contributed by atoms with Gasteiger partial charge in [0.2, 0.25) is 0 Å². The van der Waals surface area contributed by atoms with Crippen LogP contribution in [0.4, 0.5) is 0 Å². The Morgan fingerprint density at radius 2 is 1.50 bits per heavy atom. The highest BCUT2D eigenvalue weighted by Gasteiger charge is 1.81. The van der Waals surface area contributed by atoms with Gasteiger partial charge in [0.05, 0.1) is 13.7 Å². The van der Waals surface area contributed by atoms with E-state index in [-0.39, 0.29) is 17.4 Å². The van der Waals surface area contributed by atoms with E-state index in [1.807, 2.05) is 0 Å². The lowest BCUT2D eigenvalue weighted by atomic mass is 10.8. The van der Waals surface area contributed by atoms with E-state index in [9.17, 15) is 9.59 Å². The molecule has 0 bridgehead atoms. The lowest BCUT2D eigenvalue weighted by molar-refractivity contribution is -0.140. The number of methoxy groups -OCH3 is 1. The molecule has 0 saturated heterocycles. The van der Waals surface area contributed by atoms with Crippen molar-refractivity contribution in [3.05, 3.63) is 0 Å². The van der Waals surface area contributed by atoms with Crippen LogP contribution >= 0.6 is 0 Å². The summed E-state index contributed by atoms with van der Waals surface area (Å²) in [5.41, 5.74) is 0. The van der Waals surface area contributed by atoms with E-state index in [2.05, 4.69) is 9.47 Å². The number of hydrogen-bond donors (Lipinski definition) is 0. The second-order valence-corrected chi connectivity index (χ2v) is 1.62. The smallest absolute Gasteiger partial charge is 0.302 e. The first-order chi connectivity index (χ1) is 5.04. The summed E-state index contributed by atoms with van der Waals surface area (Å²) in [5.74, 6) is -0.456. The molecule has 0 aromatic rings. The molecule has 0 aromatic heterocycles. The average Bonchev–Trinajstić information content (AvgIpc) is 1.89. The van der Waals surface area contributed by atoms with Crippen molar-refractivity contribution in [3.63, 3.8) is 0 Å². The molecule has 0 aromatic carbocycles. The van der Waals surface area contributed by atoms with Crippen LogP contribution in [-0.4, -0.2) is 31.1 Å².